The van der Waals surface area contributed by atoms with Crippen LogP contribution in [0.3, 0.4) is 0 Å². The van der Waals surface area contributed by atoms with E-state index in [2.05, 4.69) is 5.32 Å². The van der Waals surface area contributed by atoms with E-state index in [4.69, 9.17) is 4.74 Å². The molecule has 0 unspecified atom stereocenters. The molecule has 0 bridgehead atoms. The number of carbonyl (C=O) groups excluding carboxylic acids is 3. The van der Waals surface area contributed by atoms with Crippen LogP contribution >= 0.6 is 0 Å². The van der Waals surface area contributed by atoms with Crippen molar-refractivity contribution in [3.05, 3.63) is 71.0 Å². The summed E-state index contributed by atoms with van der Waals surface area (Å²) in [5.41, 5.74) is 1.88. The van der Waals surface area contributed by atoms with E-state index in [1.165, 1.54) is 31.4 Å². The van der Waals surface area contributed by atoms with Crippen LogP contribution in [0.1, 0.15) is 46.8 Å². The fourth-order valence-corrected chi connectivity index (χ4v) is 3.34. The molecule has 1 N–H and O–H groups in total. The maximum Gasteiger partial charge on any atom is 0.307 e. The van der Waals surface area contributed by atoms with Crippen molar-refractivity contribution in [1.29, 1.82) is 0 Å². The van der Waals surface area contributed by atoms with Gasteiger partial charge >= 0.3 is 5.97 Å². The normalized spacial score (nSPS) is 14.6. The van der Waals surface area contributed by atoms with E-state index in [-0.39, 0.29) is 18.2 Å². The summed E-state index contributed by atoms with van der Waals surface area (Å²) in [6, 6.07) is 12.0. The van der Waals surface area contributed by atoms with E-state index < -0.39 is 17.8 Å². The van der Waals surface area contributed by atoms with Crippen LogP contribution in [0.15, 0.2) is 48.5 Å². The molecule has 1 atom stereocenters. The van der Waals surface area contributed by atoms with Crippen molar-refractivity contribution in [2.45, 2.75) is 31.8 Å². The summed E-state index contributed by atoms with van der Waals surface area (Å²) in [4.78, 5) is 38.2. The van der Waals surface area contributed by atoms with Crippen LogP contribution in [-0.4, -0.2) is 36.3 Å². The Balaban J connectivity index is 1.74. The van der Waals surface area contributed by atoms with Gasteiger partial charge in [0.2, 0.25) is 5.91 Å². The molecule has 3 rings (SSSR count). The molecule has 152 valence electrons. The average molecular weight is 398 g/mol. The highest BCUT2D eigenvalue weighted by Crippen LogP contribution is 2.20. The first-order valence-corrected chi connectivity index (χ1v) is 9.46. The molecule has 7 heteroatoms. The maximum absolute atomic E-state index is 13.2. The van der Waals surface area contributed by atoms with Crippen molar-refractivity contribution in [2.24, 2.45) is 0 Å². The van der Waals surface area contributed by atoms with Crippen LogP contribution in [-0.2, 0) is 20.9 Å². The van der Waals surface area contributed by atoms with Gasteiger partial charge in [-0.1, -0.05) is 24.3 Å². The summed E-state index contributed by atoms with van der Waals surface area (Å²) in [6.07, 6.45) is 1.34. The lowest BCUT2D eigenvalue weighted by Gasteiger charge is -2.19. The molecule has 0 saturated carbocycles. The van der Waals surface area contributed by atoms with Gasteiger partial charge in [-0.25, -0.2) is 4.39 Å². The minimum absolute atomic E-state index is 0.0736. The number of hydrogen-bond acceptors (Lipinski definition) is 4. The molecule has 1 saturated heterocycles. The van der Waals surface area contributed by atoms with E-state index in [9.17, 15) is 18.8 Å². The van der Waals surface area contributed by atoms with Crippen molar-refractivity contribution in [2.75, 3.05) is 13.7 Å². The number of likely N-dealkylation sites (tertiary alicyclic amines) is 1. The van der Waals surface area contributed by atoms with Crippen molar-refractivity contribution in [1.82, 2.24) is 10.2 Å². The van der Waals surface area contributed by atoms with Gasteiger partial charge in [0.05, 0.1) is 19.6 Å². The Morgan fingerprint density at radius 3 is 2.62 bits per heavy atom. The van der Waals surface area contributed by atoms with Crippen molar-refractivity contribution < 1.29 is 23.5 Å². The smallest absolute Gasteiger partial charge is 0.307 e. The third-order valence-electron chi connectivity index (χ3n) is 4.91. The van der Waals surface area contributed by atoms with Gasteiger partial charge in [0.25, 0.3) is 5.91 Å². The summed E-state index contributed by atoms with van der Waals surface area (Å²) < 4.78 is 18.0. The fraction of sp³-hybridized carbons (Fsp3) is 0.318. The number of ether oxygens (including phenoxy) is 1. The van der Waals surface area contributed by atoms with Crippen molar-refractivity contribution in [3.8, 4) is 0 Å². The molecule has 0 spiro atoms. The van der Waals surface area contributed by atoms with Crippen LogP contribution in [0.25, 0.3) is 0 Å². The third kappa shape index (κ3) is 5.40. The molecule has 1 aliphatic rings. The molecular formula is C22H23FN2O4. The third-order valence-corrected chi connectivity index (χ3v) is 4.91. The monoisotopic (exact) mass is 398 g/mol. The summed E-state index contributed by atoms with van der Waals surface area (Å²) in [5.74, 6) is -1.13. The first-order chi connectivity index (χ1) is 14.0. The topological polar surface area (TPSA) is 75.7 Å². The number of amides is 2. The summed E-state index contributed by atoms with van der Waals surface area (Å²) in [5, 5.41) is 2.82. The predicted molar refractivity (Wildman–Crippen MR) is 104 cm³/mol. The van der Waals surface area contributed by atoms with E-state index in [0.717, 1.165) is 18.5 Å². The Morgan fingerprint density at radius 2 is 1.97 bits per heavy atom. The van der Waals surface area contributed by atoms with E-state index in [1.54, 1.807) is 23.1 Å². The minimum atomic E-state index is -0.653. The SMILES string of the molecule is COC(=O)C[C@H](NC(=O)c1cccc(CN2CCCC2=O)c1)c1ccc(F)cc1. The molecule has 0 aromatic heterocycles. The Kier molecular flexibility index (Phi) is 6.59. The van der Waals surface area contributed by atoms with E-state index in [0.29, 0.717) is 24.1 Å². The number of hydrogen-bond donors (Lipinski definition) is 1. The number of methoxy groups -OCH3 is 1. The summed E-state index contributed by atoms with van der Waals surface area (Å²) in [7, 11) is 1.27. The number of benzene rings is 2. The molecule has 1 aliphatic heterocycles. The molecule has 2 amide bonds. The first-order valence-electron chi connectivity index (χ1n) is 9.46. The van der Waals surface area contributed by atoms with Gasteiger partial charge < -0.3 is 15.0 Å². The Labute approximate surface area is 168 Å². The second-order valence-corrected chi connectivity index (χ2v) is 6.98. The summed E-state index contributed by atoms with van der Waals surface area (Å²) >= 11 is 0. The van der Waals surface area contributed by atoms with Gasteiger partial charge in [-0.05, 0) is 41.8 Å². The number of halogens is 1. The van der Waals surface area contributed by atoms with Crippen LogP contribution in [0.5, 0.6) is 0 Å². The van der Waals surface area contributed by atoms with Crippen LogP contribution in [0.2, 0.25) is 0 Å². The Hall–Kier alpha value is -3.22. The standard InChI is InChI=1S/C22H23FN2O4/c1-29-21(27)13-19(16-7-9-18(23)10-8-16)24-22(28)17-5-2-4-15(12-17)14-25-11-3-6-20(25)26/h2,4-5,7-10,12,19H,3,6,11,13-14H2,1H3,(H,24,28)/t19-/m0/s1. The highest BCUT2D eigenvalue weighted by atomic mass is 19.1. The molecule has 1 heterocycles. The second-order valence-electron chi connectivity index (χ2n) is 6.98. The van der Waals surface area contributed by atoms with Gasteiger partial charge in [0.1, 0.15) is 5.82 Å². The van der Waals surface area contributed by atoms with Crippen molar-refractivity contribution in [3.63, 3.8) is 0 Å². The molecule has 6 nitrogen and oxygen atoms in total. The first kappa shape index (κ1) is 20.5. The molecule has 0 aliphatic carbocycles. The predicted octanol–water partition coefficient (Wildman–Crippen LogP) is 2.98. The van der Waals surface area contributed by atoms with Crippen LogP contribution < -0.4 is 5.32 Å². The quantitative estimate of drug-likeness (QED) is 0.728. The maximum atomic E-state index is 13.2. The number of nitrogens with zero attached hydrogens (tertiary/aromatic N) is 1. The van der Waals surface area contributed by atoms with Gasteiger partial charge in [-0.15, -0.1) is 0 Å². The zero-order valence-corrected chi connectivity index (χ0v) is 16.2. The van der Waals surface area contributed by atoms with Gasteiger partial charge in [-0.3, -0.25) is 14.4 Å². The lowest BCUT2D eigenvalue weighted by molar-refractivity contribution is -0.141. The summed E-state index contributed by atoms with van der Waals surface area (Å²) in [6.45, 7) is 1.19. The molecule has 2 aromatic carbocycles. The van der Waals surface area contributed by atoms with Crippen molar-refractivity contribution >= 4 is 17.8 Å². The number of esters is 1. The zero-order valence-electron chi connectivity index (χ0n) is 16.2. The van der Waals surface area contributed by atoms with E-state index >= 15 is 0 Å². The van der Waals surface area contributed by atoms with E-state index in [1.807, 2.05) is 6.07 Å². The highest BCUT2D eigenvalue weighted by molar-refractivity contribution is 5.95. The number of rotatable bonds is 7. The van der Waals surface area contributed by atoms with Crippen LogP contribution in [0, 0.1) is 5.82 Å². The Morgan fingerprint density at radius 1 is 1.21 bits per heavy atom. The molecular weight excluding hydrogens is 375 g/mol. The second kappa shape index (κ2) is 9.32. The number of carbonyl (C=O) groups is 3. The van der Waals surface area contributed by atoms with Gasteiger partial charge in [0, 0.05) is 25.1 Å². The molecule has 2 aromatic rings. The van der Waals surface area contributed by atoms with Gasteiger partial charge in [0.15, 0.2) is 0 Å². The lowest BCUT2D eigenvalue weighted by atomic mass is 10.0. The van der Waals surface area contributed by atoms with Gasteiger partial charge in [-0.2, -0.15) is 0 Å². The Bertz CT molecular complexity index is 898. The molecule has 29 heavy (non-hydrogen) atoms. The number of nitrogens with one attached hydrogen (secondary N) is 1. The fourth-order valence-electron chi connectivity index (χ4n) is 3.34. The lowest BCUT2D eigenvalue weighted by Crippen LogP contribution is -2.30. The highest BCUT2D eigenvalue weighted by Gasteiger charge is 2.22. The zero-order chi connectivity index (χ0) is 20.8. The average Bonchev–Trinajstić information content (AvgIpc) is 3.12. The minimum Gasteiger partial charge on any atom is -0.469 e. The molecule has 1 fully saturated rings. The largest absolute Gasteiger partial charge is 0.469 e. The van der Waals surface area contributed by atoms with Crippen LogP contribution in [0.4, 0.5) is 4.39 Å². The molecule has 0 radical (unpaired) electrons.